The highest BCUT2D eigenvalue weighted by Gasteiger charge is 2.16. The number of carbonyl (C=O) groups excluding carboxylic acids is 1. The summed E-state index contributed by atoms with van der Waals surface area (Å²) in [4.78, 5) is 19.4. The lowest BCUT2D eigenvalue weighted by Crippen LogP contribution is -2.27. The number of amides is 1. The van der Waals surface area contributed by atoms with E-state index in [1.807, 2.05) is 60.4 Å². The average molecular weight is 447 g/mol. The van der Waals surface area contributed by atoms with Gasteiger partial charge in [0.05, 0.1) is 12.8 Å². The number of hydrogen-bond donors (Lipinski definition) is 1. The second kappa shape index (κ2) is 10.2. The monoisotopic (exact) mass is 446 g/mol. The molecule has 0 fully saturated rings. The zero-order valence-electron chi connectivity index (χ0n) is 18.2. The SMILES string of the molecule is Cc1ccc(NC(=O)CCN(Cc2ccco2)c2nc(Cc3ccccc3)ns2)cc1C. The van der Waals surface area contributed by atoms with Crippen molar-refractivity contribution in [1.82, 2.24) is 9.36 Å². The van der Waals surface area contributed by atoms with Gasteiger partial charge in [-0.15, -0.1) is 0 Å². The first-order chi connectivity index (χ1) is 15.6. The Labute approximate surface area is 192 Å². The van der Waals surface area contributed by atoms with E-state index in [0.717, 1.165) is 28.0 Å². The van der Waals surface area contributed by atoms with Crippen molar-refractivity contribution in [2.75, 3.05) is 16.8 Å². The molecule has 0 saturated carbocycles. The second-order valence-corrected chi connectivity index (χ2v) is 8.48. The van der Waals surface area contributed by atoms with E-state index in [0.29, 0.717) is 25.9 Å². The van der Waals surface area contributed by atoms with Crippen molar-refractivity contribution in [2.24, 2.45) is 0 Å². The van der Waals surface area contributed by atoms with Gasteiger partial charge in [-0.05, 0) is 54.8 Å². The Morgan fingerprint density at radius 3 is 2.66 bits per heavy atom. The maximum atomic E-state index is 12.6. The van der Waals surface area contributed by atoms with Crippen molar-refractivity contribution in [1.29, 1.82) is 0 Å². The number of anilines is 2. The predicted molar refractivity (Wildman–Crippen MR) is 128 cm³/mol. The lowest BCUT2D eigenvalue weighted by Gasteiger charge is -2.20. The van der Waals surface area contributed by atoms with Gasteiger partial charge < -0.3 is 14.6 Å². The van der Waals surface area contributed by atoms with Crippen LogP contribution in [0.1, 0.15) is 34.7 Å². The van der Waals surface area contributed by atoms with Gasteiger partial charge in [0.15, 0.2) is 0 Å². The predicted octanol–water partition coefficient (Wildman–Crippen LogP) is 5.37. The molecule has 0 radical (unpaired) electrons. The van der Waals surface area contributed by atoms with Crippen molar-refractivity contribution in [2.45, 2.75) is 33.2 Å². The van der Waals surface area contributed by atoms with E-state index >= 15 is 0 Å². The van der Waals surface area contributed by atoms with Crippen molar-refractivity contribution >= 4 is 28.3 Å². The maximum Gasteiger partial charge on any atom is 0.226 e. The highest BCUT2D eigenvalue weighted by atomic mass is 32.1. The van der Waals surface area contributed by atoms with E-state index < -0.39 is 0 Å². The molecule has 1 N–H and O–H groups in total. The first-order valence-electron chi connectivity index (χ1n) is 10.6. The third kappa shape index (κ3) is 5.82. The summed E-state index contributed by atoms with van der Waals surface area (Å²) < 4.78 is 10.1. The summed E-state index contributed by atoms with van der Waals surface area (Å²) in [6.45, 7) is 5.14. The van der Waals surface area contributed by atoms with Crippen LogP contribution >= 0.6 is 11.5 Å². The number of hydrogen-bond acceptors (Lipinski definition) is 6. The lowest BCUT2D eigenvalue weighted by molar-refractivity contribution is -0.116. The summed E-state index contributed by atoms with van der Waals surface area (Å²) in [6, 6.07) is 19.9. The van der Waals surface area contributed by atoms with Crippen LogP contribution in [0.15, 0.2) is 71.3 Å². The summed E-state index contributed by atoms with van der Waals surface area (Å²) >= 11 is 1.35. The molecule has 0 aliphatic carbocycles. The van der Waals surface area contributed by atoms with Crippen LogP contribution in [0.3, 0.4) is 0 Å². The molecule has 0 spiro atoms. The molecule has 0 aliphatic heterocycles. The van der Waals surface area contributed by atoms with Gasteiger partial charge in [-0.25, -0.2) is 4.98 Å². The molecule has 7 heteroatoms. The van der Waals surface area contributed by atoms with E-state index in [9.17, 15) is 4.79 Å². The smallest absolute Gasteiger partial charge is 0.226 e. The van der Waals surface area contributed by atoms with Crippen LogP contribution in [0.4, 0.5) is 10.8 Å². The maximum absolute atomic E-state index is 12.6. The standard InChI is InChI=1S/C25H26N4O2S/c1-18-10-11-21(15-19(18)2)26-24(30)12-13-29(17-22-9-6-14-31-22)25-27-23(28-32-25)16-20-7-4-3-5-8-20/h3-11,14-15H,12-13,16-17H2,1-2H3,(H,26,30). The minimum Gasteiger partial charge on any atom is -0.467 e. The van der Waals surface area contributed by atoms with Gasteiger partial charge in [0.25, 0.3) is 0 Å². The zero-order valence-corrected chi connectivity index (χ0v) is 19.1. The zero-order chi connectivity index (χ0) is 22.3. The van der Waals surface area contributed by atoms with Crippen LogP contribution in [-0.2, 0) is 17.8 Å². The minimum absolute atomic E-state index is 0.0354. The molecule has 0 aliphatic rings. The summed E-state index contributed by atoms with van der Waals surface area (Å²) in [6.07, 6.45) is 2.67. The van der Waals surface area contributed by atoms with Gasteiger partial charge in [0, 0.05) is 36.6 Å². The van der Waals surface area contributed by atoms with Gasteiger partial charge in [0.1, 0.15) is 11.6 Å². The molecule has 0 unspecified atom stereocenters. The summed E-state index contributed by atoms with van der Waals surface area (Å²) in [7, 11) is 0. The fraction of sp³-hybridized carbons (Fsp3) is 0.240. The normalized spacial score (nSPS) is 10.8. The molecule has 2 heterocycles. The van der Waals surface area contributed by atoms with E-state index in [1.54, 1.807) is 6.26 Å². The summed E-state index contributed by atoms with van der Waals surface area (Å²) in [5, 5.41) is 3.78. The van der Waals surface area contributed by atoms with Crippen LogP contribution < -0.4 is 10.2 Å². The molecular weight excluding hydrogens is 420 g/mol. The third-order valence-corrected chi connectivity index (χ3v) is 6.07. The molecule has 4 rings (SSSR count). The van der Waals surface area contributed by atoms with Gasteiger partial charge in [-0.2, -0.15) is 4.37 Å². The molecule has 0 bridgehead atoms. The van der Waals surface area contributed by atoms with Crippen LogP contribution in [0.25, 0.3) is 0 Å². The fourth-order valence-electron chi connectivity index (χ4n) is 3.34. The Hall–Kier alpha value is -3.45. The average Bonchev–Trinajstić information content (AvgIpc) is 3.47. The molecule has 1 amide bonds. The number of furan rings is 1. The number of benzene rings is 2. The lowest BCUT2D eigenvalue weighted by atomic mass is 10.1. The highest BCUT2D eigenvalue weighted by Crippen LogP contribution is 2.22. The molecular formula is C25H26N4O2S. The highest BCUT2D eigenvalue weighted by molar-refractivity contribution is 7.09. The molecule has 32 heavy (non-hydrogen) atoms. The Balaban J connectivity index is 1.42. The first kappa shape index (κ1) is 21.8. The van der Waals surface area contributed by atoms with Crippen LogP contribution in [0.2, 0.25) is 0 Å². The topological polar surface area (TPSA) is 71.3 Å². The first-order valence-corrected chi connectivity index (χ1v) is 11.3. The number of aryl methyl sites for hydroxylation is 2. The molecule has 6 nitrogen and oxygen atoms in total. The van der Waals surface area contributed by atoms with Crippen LogP contribution in [-0.4, -0.2) is 21.8 Å². The Morgan fingerprint density at radius 1 is 1.06 bits per heavy atom. The Kier molecular flexibility index (Phi) is 6.97. The number of aromatic nitrogens is 2. The molecule has 2 aromatic carbocycles. The molecule has 0 atom stereocenters. The van der Waals surface area contributed by atoms with Gasteiger partial charge in [-0.1, -0.05) is 36.4 Å². The van der Waals surface area contributed by atoms with E-state index in [4.69, 9.17) is 9.40 Å². The van der Waals surface area contributed by atoms with Gasteiger partial charge in [-0.3, -0.25) is 4.79 Å². The van der Waals surface area contributed by atoms with Crippen molar-refractivity contribution in [3.8, 4) is 0 Å². The van der Waals surface area contributed by atoms with Crippen molar-refractivity contribution in [3.63, 3.8) is 0 Å². The number of nitrogens with zero attached hydrogens (tertiary/aromatic N) is 3. The number of carbonyl (C=O) groups is 1. The second-order valence-electron chi connectivity index (χ2n) is 7.75. The van der Waals surface area contributed by atoms with Gasteiger partial charge in [0.2, 0.25) is 11.0 Å². The molecule has 164 valence electrons. The Bertz CT molecular complexity index is 1160. The molecule has 4 aromatic rings. The number of nitrogens with one attached hydrogen (secondary N) is 1. The summed E-state index contributed by atoms with van der Waals surface area (Å²) in [5.74, 6) is 1.56. The van der Waals surface area contributed by atoms with E-state index in [-0.39, 0.29) is 5.91 Å². The van der Waals surface area contributed by atoms with Crippen LogP contribution in [0, 0.1) is 13.8 Å². The van der Waals surface area contributed by atoms with Crippen LogP contribution in [0.5, 0.6) is 0 Å². The van der Waals surface area contributed by atoms with E-state index in [1.165, 1.54) is 22.7 Å². The number of rotatable bonds is 9. The largest absolute Gasteiger partial charge is 0.467 e. The molecule has 2 aromatic heterocycles. The molecule has 0 saturated heterocycles. The van der Waals surface area contributed by atoms with Gasteiger partial charge >= 0.3 is 0 Å². The Morgan fingerprint density at radius 2 is 1.91 bits per heavy atom. The summed E-state index contributed by atoms with van der Waals surface area (Å²) in [5.41, 5.74) is 4.34. The van der Waals surface area contributed by atoms with E-state index in [2.05, 4.69) is 28.7 Å². The minimum atomic E-state index is -0.0354. The third-order valence-electron chi connectivity index (χ3n) is 5.26. The fourth-order valence-corrected chi connectivity index (χ4v) is 4.05. The quantitative estimate of drug-likeness (QED) is 0.374. The van der Waals surface area contributed by atoms with Crippen molar-refractivity contribution < 1.29 is 9.21 Å². The van der Waals surface area contributed by atoms with Crippen molar-refractivity contribution in [3.05, 3.63) is 95.2 Å².